The van der Waals surface area contributed by atoms with E-state index in [0.29, 0.717) is 40.3 Å². The SMILES string of the molecule is Cc1cc(Oc2ccc(Cl)cc2)cc(Cl)c1OCCC1COC(c2c(F)cccc2F)=N1. The molecule has 4 rings (SSSR count). The highest BCUT2D eigenvalue weighted by Crippen LogP contribution is 2.35. The Morgan fingerprint density at radius 2 is 1.75 bits per heavy atom. The molecule has 0 aromatic heterocycles. The van der Waals surface area contributed by atoms with Crippen molar-refractivity contribution in [2.45, 2.75) is 19.4 Å². The van der Waals surface area contributed by atoms with Crippen LogP contribution in [-0.4, -0.2) is 25.2 Å². The highest BCUT2D eigenvalue weighted by molar-refractivity contribution is 6.32. The zero-order valence-electron chi connectivity index (χ0n) is 17.1. The fourth-order valence-electron chi connectivity index (χ4n) is 3.28. The zero-order valence-corrected chi connectivity index (χ0v) is 18.6. The van der Waals surface area contributed by atoms with Crippen molar-refractivity contribution in [3.63, 3.8) is 0 Å². The number of ether oxygens (including phenoxy) is 3. The van der Waals surface area contributed by atoms with Crippen LogP contribution in [0.5, 0.6) is 17.2 Å². The van der Waals surface area contributed by atoms with Crippen LogP contribution in [0.4, 0.5) is 8.78 Å². The van der Waals surface area contributed by atoms with Crippen LogP contribution in [0.2, 0.25) is 10.0 Å². The van der Waals surface area contributed by atoms with Gasteiger partial charge in [-0.1, -0.05) is 29.3 Å². The molecule has 0 aliphatic carbocycles. The van der Waals surface area contributed by atoms with E-state index in [1.54, 1.807) is 30.3 Å². The maximum Gasteiger partial charge on any atom is 0.222 e. The van der Waals surface area contributed by atoms with E-state index in [0.717, 1.165) is 5.56 Å². The fraction of sp³-hybridized carbons (Fsp3) is 0.208. The first-order valence-electron chi connectivity index (χ1n) is 9.92. The van der Waals surface area contributed by atoms with Gasteiger partial charge >= 0.3 is 0 Å². The van der Waals surface area contributed by atoms with E-state index >= 15 is 0 Å². The van der Waals surface area contributed by atoms with Crippen molar-refractivity contribution in [2.75, 3.05) is 13.2 Å². The lowest BCUT2D eigenvalue weighted by atomic mass is 10.2. The fourth-order valence-corrected chi connectivity index (χ4v) is 3.72. The van der Waals surface area contributed by atoms with Gasteiger partial charge in [0, 0.05) is 17.5 Å². The summed E-state index contributed by atoms with van der Waals surface area (Å²) < 4.78 is 44.9. The third-order valence-corrected chi connectivity index (χ3v) is 5.37. The highest BCUT2D eigenvalue weighted by Gasteiger charge is 2.25. The number of nitrogens with zero attached hydrogens (tertiary/aromatic N) is 1. The lowest BCUT2D eigenvalue weighted by Gasteiger charge is -2.14. The molecule has 0 radical (unpaired) electrons. The molecule has 3 aromatic carbocycles. The summed E-state index contributed by atoms with van der Waals surface area (Å²) >= 11 is 12.3. The molecule has 0 N–H and O–H groups in total. The van der Waals surface area contributed by atoms with Crippen LogP contribution in [-0.2, 0) is 4.74 Å². The van der Waals surface area contributed by atoms with Gasteiger partial charge in [-0.3, -0.25) is 0 Å². The van der Waals surface area contributed by atoms with Gasteiger partial charge in [-0.05, 0) is 55.0 Å². The lowest BCUT2D eigenvalue weighted by molar-refractivity contribution is 0.263. The van der Waals surface area contributed by atoms with Crippen molar-refractivity contribution >= 4 is 29.1 Å². The van der Waals surface area contributed by atoms with Gasteiger partial charge in [0.2, 0.25) is 5.90 Å². The monoisotopic (exact) mass is 477 g/mol. The standard InChI is InChI=1S/C24H19Cl2F2NO3/c1-14-11-18(32-17-7-5-15(25)6-8-17)12-19(26)23(14)30-10-9-16-13-31-24(29-16)22-20(27)3-2-4-21(22)28/h2-8,11-12,16H,9-10,13H2,1H3. The topological polar surface area (TPSA) is 40.0 Å². The predicted molar refractivity (Wildman–Crippen MR) is 120 cm³/mol. The van der Waals surface area contributed by atoms with Gasteiger partial charge in [0.1, 0.15) is 41.1 Å². The van der Waals surface area contributed by atoms with Gasteiger partial charge in [-0.2, -0.15) is 0 Å². The quantitative estimate of drug-likeness (QED) is 0.368. The van der Waals surface area contributed by atoms with Gasteiger partial charge in [-0.25, -0.2) is 13.8 Å². The average molecular weight is 478 g/mol. The molecule has 1 atom stereocenters. The zero-order chi connectivity index (χ0) is 22.7. The van der Waals surface area contributed by atoms with Crippen LogP contribution in [0, 0.1) is 18.6 Å². The van der Waals surface area contributed by atoms with Crippen LogP contribution in [0.25, 0.3) is 0 Å². The molecule has 1 aliphatic heterocycles. The van der Waals surface area contributed by atoms with E-state index in [-0.39, 0.29) is 24.1 Å². The molecule has 3 aromatic rings. The Hall–Kier alpha value is -2.83. The first kappa shape index (κ1) is 22.4. The largest absolute Gasteiger partial charge is 0.492 e. The molecule has 1 unspecified atom stereocenters. The molecule has 166 valence electrons. The lowest BCUT2D eigenvalue weighted by Crippen LogP contribution is -2.12. The summed E-state index contributed by atoms with van der Waals surface area (Å²) in [5, 5.41) is 1.03. The molecule has 0 amide bonds. The van der Waals surface area contributed by atoms with Crippen molar-refractivity contribution in [2.24, 2.45) is 4.99 Å². The Labute approximate surface area is 194 Å². The third kappa shape index (κ3) is 5.14. The number of rotatable bonds is 7. The Morgan fingerprint density at radius 3 is 2.44 bits per heavy atom. The summed E-state index contributed by atoms with van der Waals surface area (Å²) in [6.45, 7) is 2.40. The molecule has 8 heteroatoms. The smallest absolute Gasteiger partial charge is 0.222 e. The van der Waals surface area contributed by atoms with Crippen molar-refractivity contribution in [1.29, 1.82) is 0 Å². The molecular formula is C24H19Cl2F2NO3. The minimum atomic E-state index is -0.705. The number of hydrogen-bond donors (Lipinski definition) is 0. The number of benzene rings is 3. The van der Waals surface area contributed by atoms with Crippen LogP contribution >= 0.6 is 23.2 Å². The van der Waals surface area contributed by atoms with Gasteiger partial charge in [0.15, 0.2) is 0 Å². The number of hydrogen-bond acceptors (Lipinski definition) is 4. The Kier molecular flexibility index (Phi) is 6.82. The third-order valence-electron chi connectivity index (χ3n) is 4.84. The first-order chi connectivity index (χ1) is 15.4. The molecular weight excluding hydrogens is 459 g/mol. The summed E-state index contributed by atoms with van der Waals surface area (Å²) in [5.41, 5.74) is 0.563. The maximum atomic E-state index is 13.9. The molecule has 0 saturated carbocycles. The van der Waals surface area contributed by atoms with E-state index < -0.39 is 11.6 Å². The van der Waals surface area contributed by atoms with Gasteiger partial charge in [0.05, 0.1) is 17.7 Å². The van der Waals surface area contributed by atoms with E-state index in [1.165, 1.54) is 18.2 Å². The van der Waals surface area contributed by atoms with Gasteiger partial charge in [-0.15, -0.1) is 0 Å². The van der Waals surface area contributed by atoms with Crippen molar-refractivity contribution in [3.8, 4) is 17.2 Å². The van der Waals surface area contributed by atoms with Crippen LogP contribution in [0.1, 0.15) is 17.5 Å². The summed E-state index contributed by atoms with van der Waals surface area (Å²) in [4.78, 5) is 4.30. The molecule has 0 spiro atoms. The van der Waals surface area contributed by atoms with Crippen LogP contribution in [0.3, 0.4) is 0 Å². The van der Waals surface area contributed by atoms with E-state index in [2.05, 4.69) is 4.99 Å². The summed E-state index contributed by atoms with van der Waals surface area (Å²) in [7, 11) is 0. The highest BCUT2D eigenvalue weighted by atomic mass is 35.5. The molecule has 32 heavy (non-hydrogen) atoms. The normalized spacial score (nSPS) is 15.3. The predicted octanol–water partition coefficient (Wildman–Crippen LogP) is 6.99. The molecule has 1 aliphatic rings. The Bertz CT molecular complexity index is 1110. The number of halogens is 4. The molecule has 1 heterocycles. The molecule has 4 nitrogen and oxygen atoms in total. The van der Waals surface area contributed by atoms with E-state index in [4.69, 9.17) is 37.4 Å². The Balaban J connectivity index is 1.37. The number of aliphatic imine (C=N–C) groups is 1. The second-order valence-electron chi connectivity index (χ2n) is 7.24. The Morgan fingerprint density at radius 1 is 1.03 bits per heavy atom. The van der Waals surface area contributed by atoms with E-state index in [9.17, 15) is 8.78 Å². The van der Waals surface area contributed by atoms with Crippen LogP contribution < -0.4 is 9.47 Å². The molecule has 0 bridgehead atoms. The summed E-state index contributed by atoms with van der Waals surface area (Å²) in [5.74, 6) is 0.321. The number of aryl methyl sites for hydroxylation is 1. The molecule has 0 saturated heterocycles. The van der Waals surface area contributed by atoms with Crippen molar-refractivity contribution < 1.29 is 23.0 Å². The summed E-state index contributed by atoms with van der Waals surface area (Å²) in [6, 6.07) is 13.9. The minimum Gasteiger partial charge on any atom is -0.492 e. The average Bonchev–Trinajstić information content (AvgIpc) is 3.20. The minimum absolute atomic E-state index is 0.0245. The maximum absolute atomic E-state index is 13.9. The van der Waals surface area contributed by atoms with Crippen LogP contribution in [0.15, 0.2) is 59.6 Å². The van der Waals surface area contributed by atoms with E-state index in [1.807, 2.05) is 13.0 Å². The van der Waals surface area contributed by atoms with Crippen molar-refractivity contribution in [1.82, 2.24) is 0 Å². The van der Waals surface area contributed by atoms with Gasteiger partial charge < -0.3 is 14.2 Å². The van der Waals surface area contributed by atoms with Crippen molar-refractivity contribution in [3.05, 3.63) is 87.4 Å². The van der Waals surface area contributed by atoms with Gasteiger partial charge in [0.25, 0.3) is 0 Å². The first-order valence-corrected chi connectivity index (χ1v) is 10.7. The summed E-state index contributed by atoms with van der Waals surface area (Å²) in [6.07, 6.45) is 0.498. The molecule has 0 fully saturated rings. The second kappa shape index (κ2) is 9.76. The second-order valence-corrected chi connectivity index (χ2v) is 8.08.